The van der Waals surface area contributed by atoms with Gasteiger partial charge in [-0.3, -0.25) is 14.6 Å². The maximum Gasteiger partial charge on any atom is 0.402 e. The zero-order chi connectivity index (χ0) is 20.8. The van der Waals surface area contributed by atoms with E-state index in [-0.39, 0.29) is 11.9 Å². The molecule has 3 aliphatic rings. The normalized spacial score (nSPS) is 21.3. The van der Waals surface area contributed by atoms with Crippen molar-refractivity contribution in [3.8, 4) is 0 Å². The predicted octanol–water partition coefficient (Wildman–Crippen LogP) is 3.31. The number of aryl methyl sites for hydroxylation is 2. The first-order chi connectivity index (χ1) is 14.6. The minimum absolute atomic E-state index is 0.169. The third kappa shape index (κ3) is 2.95. The number of hydrogen-bond donors (Lipinski definition) is 0. The number of fused-ring (bicyclic) bond motifs is 3. The Morgan fingerprint density at radius 3 is 2.60 bits per heavy atom. The van der Waals surface area contributed by atoms with E-state index >= 15 is 0 Å². The van der Waals surface area contributed by atoms with Crippen molar-refractivity contribution in [3.05, 3.63) is 47.8 Å². The summed E-state index contributed by atoms with van der Waals surface area (Å²) in [5, 5.41) is 0. The number of carbonyl (C=O) groups is 2. The van der Waals surface area contributed by atoms with E-state index in [9.17, 15) is 9.59 Å². The minimum Gasteiger partial charge on any atom is -0.270 e. The minimum atomic E-state index is -0.541. The van der Waals surface area contributed by atoms with Crippen LogP contribution in [0.1, 0.15) is 55.4 Å². The van der Waals surface area contributed by atoms with Gasteiger partial charge in [0.15, 0.2) is 0 Å². The number of aromatic nitrogens is 2. The molecule has 156 valence electrons. The van der Waals surface area contributed by atoms with Crippen molar-refractivity contribution in [1.82, 2.24) is 14.4 Å². The number of amides is 3. The molecule has 0 N–H and O–H groups in total. The number of imide groups is 1. The quantitative estimate of drug-likeness (QED) is 0.715. The van der Waals surface area contributed by atoms with Crippen molar-refractivity contribution in [1.29, 1.82) is 0 Å². The molecule has 2 fully saturated rings. The molecule has 0 radical (unpaired) electrons. The van der Waals surface area contributed by atoms with Gasteiger partial charge in [-0.25, -0.2) is 13.9 Å². The van der Waals surface area contributed by atoms with Gasteiger partial charge in [-0.1, -0.05) is 35.3 Å². The van der Waals surface area contributed by atoms with Crippen molar-refractivity contribution in [2.24, 2.45) is 4.99 Å². The average molecular weight is 407 g/mol. The van der Waals surface area contributed by atoms with Crippen LogP contribution in [-0.4, -0.2) is 45.7 Å². The lowest BCUT2D eigenvalue weighted by Crippen LogP contribution is -2.62. The van der Waals surface area contributed by atoms with Gasteiger partial charge in [-0.2, -0.15) is 0 Å². The summed E-state index contributed by atoms with van der Waals surface area (Å²) in [6.07, 6.45) is 8.36. The fourth-order valence-electron chi connectivity index (χ4n) is 5.11. The van der Waals surface area contributed by atoms with Crippen molar-refractivity contribution in [2.45, 2.75) is 57.5 Å². The first-order valence-corrected chi connectivity index (χ1v) is 10.9. The van der Waals surface area contributed by atoms with Gasteiger partial charge in [0.25, 0.3) is 5.91 Å². The monoisotopic (exact) mass is 406 g/mol. The van der Waals surface area contributed by atoms with Crippen LogP contribution in [0.15, 0.2) is 41.5 Å². The molecular formula is C23H28N5O2+. The average Bonchev–Trinajstić information content (AvgIpc) is 3.45. The predicted molar refractivity (Wildman–Crippen MR) is 113 cm³/mol. The Kier molecular flexibility index (Phi) is 4.68. The van der Waals surface area contributed by atoms with Gasteiger partial charge < -0.3 is 0 Å². The van der Waals surface area contributed by atoms with E-state index in [1.165, 1.54) is 23.3 Å². The second kappa shape index (κ2) is 7.38. The first-order valence-electron chi connectivity index (χ1n) is 10.9. The molecule has 5 rings (SSSR count). The summed E-state index contributed by atoms with van der Waals surface area (Å²) >= 11 is 0. The van der Waals surface area contributed by atoms with E-state index < -0.39 is 6.04 Å². The Hall–Kier alpha value is -2.96. The van der Waals surface area contributed by atoms with E-state index in [0.29, 0.717) is 18.4 Å². The standard InChI is InChI=1S/C23H28N5O2/c1-16-15-27-19-20(24-22(27)28(16)18-12-6-7-13-18)25(2)23(30)26(21(19)29)14-8-11-17-9-4-3-5-10-17/h3-5,9-10,15,18-19H,6-8,11-14H2,1-2H3/q+1. The smallest absolute Gasteiger partial charge is 0.270 e. The summed E-state index contributed by atoms with van der Waals surface area (Å²) in [6, 6.07) is 9.77. The highest BCUT2D eigenvalue weighted by molar-refractivity contribution is 6.19. The second-order valence-electron chi connectivity index (χ2n) is 8.58. The van der Waals surface area contributed by atoms with E-state index in [1.807, 2.05) is 29.0 Å². The fourth-order valence-corrected chi connectivity index (χ4v) is 5.11. The number of aliphatic imine (C=N–C) groups is 1. The molecule has 1 atom stereocenters. The van der Waals surface area contributed by atoms with Crippen LogP contribution in [0.5, 0.6) is 0 Å². The highest BCUT2D eigenvalue weighted by Gasteiger charge is 2.53. The molecule has 7 heteroatoms. The maximum atomic E-state index is 13.4. The van der Waals surface area contributed by atoms with Crippen LogP contribution in [0, 0.1) is 6.92 Å². The molecule has 3 heterocycles. The van der Waals surface area contributed by atoms with Gasteiger partial charge in [0, 0.05) is 13.6 Å². The second-order valence-corrected chi connectivity index (χ2v) is 8.58. The van der Waals surface area contributed by atoms with Crippen molar-refractivity contribution in [3.63, 3.8) is 0 Å². The van der Waals surface area contributed by atoms with E-state index in [0.717, 1.165) is 37.3 Å². The van der Waals surface area contributed by atoms with Gasteiger partial charge in [0.1, 0.15) is 11.9 Å². The highest BCUT2D eigenvalue weighted by Crippen LogP contribution is 2.37. The summed E-state index contributed by atoms with van der Waals surface area (Å²) in [7, 11) is 1.73. The zero-order valence-corrected chi connectivity index (χ0v) is 17.6. The summed E-state index contributed by atoms with van der Waals surface area (Å²) in [4.78, 5) is 34.0. The van der Waals surface area contributed by atoms with Crippen LogP contribution in [0.2, 0.25) is 0 Å². The topological polar surface area (TPSA) is 61.8 Å². The lowest BCUT2D eigenvalue weighted by atomic mass is 10.1. The van der Waals surface area contributed by atoms with Gasteiger partial charge in [0.05, 0.1) is 6.04 Å². The van der Waals surface area contributed by atoms with Crippen molar-refractivity contribution in [2.75, 3.05) is 13.6 Å². The molecule has 1 saturated carbocycles. The number of rotatable bonds is 5. The molecule has 0 bridgehead atoms. The number of nitrogens with zero attached hydrogens (tertiary/aromatic N) is 5. The summed E-state index contributed by atoms with van der Waals surface area (Å²) in [5.41, 5.74) is 2.34. The molecule has 1 aromatic carbocycles. The molecule has 1 unspecified atom stereocenters. The summed E-state index contributed by atoms with van der Waals surface area (Å²) in [6.45, 7) is 2.50. The fraction of sp³-hybridized carbons (Fsp3) is 0.478. The number of carbonyl (C=O) groups excluding carboxylic acids is 2. The lowest BCUT2D eigenvalue weighted by Gasteiger charge is -2.33. The molecule has 3 amide bonds. The Labute approximate surface area is 176 Å². The molecule has 7 nitrogen and oxygen atoms in total. The third-order valence-corrected chi connectivity index (χ3v) is 6.63. The number of urea groups is 1. The Morgan fingerprint density at radius 1 is 1.13 bits per heavy atom. The number of imidazole rings is 1. The highest BCUT2D eigenvalue weighted by atomic mass is 16.2. The van der Waals surface area contributed by atoms with Crippen LogP contribution in [0.3, 0.4) is 0 Å². The van der Waals surface area contributed by atoms with Crippen LogP contribution in [-0.2, 0) is 11.2 Å². The van der Waals surface area contributed by atoms with Crippen molar-refractivity contribution >= 4 is 23.7 Å². The Balaban J connectivity index is 1.40. The molecule has 2 aromatic rings. The van der Waals surface area contributed by atoms with E-state index in [1.54, 1.807) is 11.9 Å². The molecular weight excluding hydrogens is 378 g/mol. The van der Waals surface area contributed by atoms with E-state index in [4.69, 9.17) is 4.99 Å². The number of amidine groups is 1. The third-order valence-electron chi connectivity index (χ3n) is 6.63. The zero-order valence-electron chi connectivity index (χ0n) is 17.6. The molecule has 1 aromatic heterocycles. The first kappa shape index (κ1) is 19.0. The van der Waals surface area contributed by atoms with Gasteiger partial charge in [-0.15, -0.1) is 0 Å². The van der Waals surface area contributed by atoms with Crippen LogP contribution >= 0.6 is 0 Å². The van der Waals surface area contributed by atoms with Crippen molar-refractivity contribution < 1.29 is 14.2 Å². The van der Waals surface area contributed by atoms with Gasteiger partial charge in [0.2, 0.25) is 11.9 Å². The van der Waals surface area contributed by atoms with E-state index in [2.05, 4.69) is 23.6 Å². The lowest BCUT2D eigenvalue weighted by molar-refractivity contribution is -0.677. The van der Waals surface area contributed by atoms with Crippen LogP contribution in [0.25, 0.3) is 0 Å². The van der Waals surface area contributed by atoms with Crippen LogP contribution < -0.4 is 4.57 Å². The molecule has 1 saturated heterocycles. The SMILES string of the molecule is Cc1c[n+]2c(n1C1CCCC1)N=C1C2C(=O)N(CCCc2ccccc2)C(=O)N1C. The Morgan fingerprint density at radius 2 is 1.87 bits per heavy atom. The van der Waals surface area contributed by atoms with Gasteiger partial charge >= 0.3 is 12.0 Å². The summed E-state index contributed by atoms with van der Waals surface area (Å²) < 4.78 is 4.24. The number of likely N-dealkylation sites (N-methyl/N-ethyl adjacent to an activating group) is 1. The largest absolute Gasteiger partial charge is 0.402 e. The molecule has 1 aliphatic carbocycles. The summed E-state index contributed by atoms with van der Waals surface area (Å²) in [5.74, 6) is 1.18. The maximum absolute atomic E-state index is 13.4. The number of benzene rings is 1. The number of hydrogen-bond acceptors (Lipinski definition) is 3. The van der Waals surface area contributed by atoms with Gasteiger partial charge in [-0.05, 0) is 51.0 Å². The Bertz CT molecular complexity index is 1020. The molecule has 2 aliphatic heterocycles. The molecule has 30 heavy (non-hydrogen) atoms. The molecule has 0 spiro atoms. The van der Waals surface area contributed by atoms with Crippen LogP contribution in [0.4, 0.5) is 10.7 Å².